The summed E-state index contributed by atoms with van der Waals surface area (Å²) in [6.45, 7) is 3.99. The first-order valence-corrected chi connectivity index (χ1v) is 11.1. The standard InChI is InChI=1S/C21H25N7O3S/c1-4-14-12-30-10-9-28(14)20-24-17(16-11-23-19(22)32-16)25-21(26-20)31-15-7-5-13(6-8-15)18(29)27(2)3/h5-8,11,14H,4,9-10,12H2,1-3H3,(H2,22,23). The summed E-state index contributed by atoms with van der Waals surface area (Å²) in [7, 11) is 3.42. The number of carbonyl (C=O) groups is 1. The number of carbonyl (C=O) groups excluding carboxylic acids is 1. The number of ether oxygens (including phenoxy) is 2. The molecule has 0 spiro atoms. The van der Waals surface area contributed by atoms with Crippen molar-refractivity contribution in [1.29, 1.82) is 0 Å². The first-order chi connectivity index (χ1) is 15.4. The number of hydrogen-bond acceptors (Lipinski definition) is 10. The summed E-state index contributed by atoms with van der Waals surface area (Å²) in [5, 5.41) is 0.434. The van der Waals surface area contributed by atoms with Crippen LogP contribution in [-0.2, 0) is 4.74 Å². The van der Waals surface area contributed by atoms with Gasteiger partial charge >= 0.3 is 6.01 Å². The molecule has 32 heavy (non-hydrogen) atoms. The van der Waals surface area contributed by atoms with Gasteiger partial charge in [-0.15, -0.1) is 0 Å². The summed E-state index contributed by atoms with van der Waals surface area (Å²) in [5.41, 5.74) is 6.38. The maximum Gasteiger partial charge on any atom is 0.327 e. The van der Waals surface area contributed by atoms with Crippen molar-refractivity contribution in [1.82, 2.24) is 24.8 Å². The van der Waals surface area contributed by atoms with E-state index in [2.05, 4.69) is 31.8 Å². The number of nitrogens with two attached hydrogens (primary N) is 1. The molecule has 1 aliphatic rings. The molecule has 0 bridgehead atoms. The van der Waals surface area contributed by atoms with Crippen LogP contribution in [0.1, 0.15) is 23.7 Å². The molecular formula is C21H25N7O3S. The highest BCUT2D eigenvalue weighted by atomic mass is 32.1. The third kappa shape index (κ3) is 4.78. The van der Waals surface area contributed by atoms with E-state index < -0.39 is 0 Å². The number of rotatable bonds is 6. The van der Waals surface area contributed by atoms with Crippen LogP contribution in [0, 0.1) is 0 Å². The monoisotopic (exact) mass is 455 g/mol. The van der Waals surface area contributed by atoms with E-state index in [-0.39, 0.29) is 18.0 Å². The van der Waals surface area contributed by atoms with Gasteiger partial charge in [0.05, 0.1) is 30.3 Å². The van der Waals surface area contributed by atoms with E-state index in [4.69, 9.17) is 15.2 Å². The van der Waals surface area contributed by atoms with Crippen molar-refractivity contribution in [2.45, 2.75) is 19.4 Å². The van der Waals surface area contributed by atoms with Gasteiger partial charge in [-0.3, -0.25) is 4.79 Å². The van der Waals surface area contributed by atoms with Gasteiger partial charge in [0.1, 0.15) is 5.75 Å². The van der Waals surface area contributed by atoms with E-state index in [1.165, 1.54) is 16.2 Å². The molecule has 1 saturated heterocycles. The van der Waals surface area contributed by atoms with Crippen LogP contribution in [0.25, 0.3) is 10.7 Å². The largest absolute Gasteiger partial charge is 0.424 e. The molecule has 2 aromatic heterocycles. The number of nitrogen functional groups attached to an aromatic ring is 1. The maximum atomic E-state index is 12.1. The van der Waals surface area contributed by atoms with Gasteiger partial charge in [-0.1, -0.05) is 18.3 Å². The number of morpholine rings is 1. The van der Waals surface area contributed by atoms with Crippen LogP contribution in [0.2, 0.25) is 0 Å². The lowest BCUT2D eigenvalue weighted by atomic mass is 10.2. The highest BCUT2D eigenvalue weighted by Crippen LogP contribution is 2.29. The SMILES string of the molecule is CCC1COCCN1c1nc(Oc2ccc(C(=O)N(C)C)cc2)nc(-c2cnc(N)s2)n1. The van der Waals surface area contributed by atoms with Crippen molar-refractivity contribution >= 4 is 28.3 Å². The molecule has 11 heteroatoms. The normalized spacial score (nSPS) is 16.1. The predicted octanol–water partition coefficient (Wildman–Crippen LogP) is 2.69. The first kappa shape index (κ1) is 21.9. The zero-order chi connectivity index (χ0) is 22.7. The zero-order valence-corrected chi connectivity index (χ0v) is 19.0. The second-order valence-electron chi connectivity index (χ2n) is 7.46. The quantitative estimate of drug-likeness (QED) is 0.598. The molecule has 1 atom stereocenters. The summed E-state index contributed by atoms with van der Waals surface area (Å²) in [4.78, 5) is 34.3. The number of amides is 1. The molecule has 168 valence electrons. The van der Waals surface area contributed by atoms with E-state index in [9.17, 15) is 4.79 Å². The second-order valence-corrected chi connectivity index (χ2v) is 8.52. The summed E-state index contributed by atoms with van der Waals surface area (Å²) in [6, 6.07) is 7.17. The summed E-state index contributed by atoms with van der Waals surface area (Å²) >= 11 is 1.30. The molecule has 1 fully saturated rings. The molecule has 0 aliphatic carbocycles. The highest BCUT2D eigenvalue weighted by molar-refractivity contribution is 7.18. The van der Waals surface area contributed by atoms with Crippen molar-refractivity contribution in [2.24, 2.45) is 0 Å². The smallest absolute Gasteiger partial charge is 0.327 e. The van der Waals surface area contributed by atoms with E-state index in [1.807, 2.05) is 0 Å². The summed E-state index contributed by atoms with van der Waals surface area (Å²) < 4.78 is 11.6. The molecule has 0 radical (unpaired) electrons. The second kappa shape index (κ2) is 9.45. The lowest BCUT2D eigenvalue weighted by Gasteiger charge is -2.35. The number of benzene rings is 1. The van der Waals surface area contributed by atoms with Gasteiger partial charge in [0, 0.05) is 26.2 Å². The van der Waals surface area contributed by atoms with Gasteiger partial charge < -0.3 is 25.0 Å². The minimum Gasteiger partial charge on any atom is -0.424 e. The van der Waals surface area contributed by atoms with Crippen molar-refractivity contribution in [3.63, 3.8) is 0 Å². The van der Waals surface area contributed by atoms with Gasteiger partial charge in [0.15, 0.2) is 11.0 Å². The third-order valence-electron chi connectivity index (χ3n) is 5.02. The highest BCUT2D eigenvalue weighted by Gasteiger charge is 2.26. The molecule has 1 unspecified atom stereocenters. The Balaban J connectivity index is 1.67. The molecular weight excluding hydrogens is 430 g/mol. The Labute approximate surface area is 190 Å². The minimum atomic E-state index is -0.0815. The number of hydrogen-bond donors (Lipinski definition) is 1. The van der Waals surface area contributed by atoms with Gasteiger partial charge in [-0.2, -0.15) is 15.0 Å². The molecule has 10 nitrogen and oxygen atoms in total. The Bertz CT molecular complexity index is 1090. The third-order valence-corrected chi connectivity index (χ3v) is 5.84. The van der Waals surface area contributed by atoms with Crippen LogP contribution in [0.4, 0.5) is 11.1 Å². The van der Waals surface area contributed by atoms with Crippen LogP contribution in [-0.4, -0.2) is 70.6 Å². The maximum absolute atomic E-state index is 12.1. The fraction of sp³-hybridized carbons (Fsp3) is 0.381. The van der Waals surface area contributed by atoms with Crippen LogP contribution < -0.4 is 15.4 Å². The molecule has 0 saturated carbocycles. The van der Waals surface area contributed by atoms with Crippen LogP contribution in [0.3, 0.4) is 0 Å². The van der Waals surface area contributed by atoms with Crippen molar-refractivity contribution in [2.75, 3.05) is 44.5 Å². The first-order valence-electron chi connectivity index (χ1n) is 10.3. The molecule has 2 N–H and O–H groups in total. The Kier molecular flexibility index (Phi) is 6.47. The van der Waals surface area contributed by atoms with Crippen LogP contribution in [0.5, 0.6) is 11.8 Å². The summed E-state index contributed by atoms with van der Waals surface area (Å²) in [6.07, 6.45) is 2.53. The molecule has 4 rings (SSSR count). The van der Waals surface area contributed by atoms with Gasteiger partial charge in [0.2, 0.25) is 5.95 Å². The van der Waals surface area contributed by atoms with E-state index in [0.29, 0.717) is 48.0 Å². The minimum absolute atomic E-state index is 0.0815. The number of thiazole rings is 1. The van der Waals surface area contributed by atoms with Gasteiger partial charge in [0.25, 0.3) is 5.91 Å². The van der Waals surface area contributed by atoms with E-state index in [0.717, 1.165) is 11.3 Å². The predicted molar refractivity (Wildman–Crippen MR) is 122 cm³/mol. The van der Waals surface area contributed by atoms with Gasteiger partial charge in [-0.25, -0.2) is 4.98 Å². The Morgan fingerprint density at radius 2 is 2.06 bits per heavy atom. The number of anilines is 2. The Morgan fingerprint density at radius 3 is 2.72 bits per heavy atom. The number of nitrogens with zero attached hydrogens (tertiary/aromatic N) is 6. The van der Waals surface area contributed by atoms with Crippen molar-refractivity contribution < 1.29 is 14.3 Å². The Hall–Kier alpha value is -3.31. The van der Waals surface area contributed by atoms with Crippen molar-refractivity contribution in [3.05, 3.63) is 36.0 Å². The lowest BCUT2D eigenvalue weighted by molar-refractivity contribution is 0.0827. The molecule has 3 heterocycles. The fourth-order valence-electron chi connectivity index (χ4n) is 3.31. The Morgan fingerprint density at radius 1 is 1.28 bits per heavy atom. The number of aromatic nitrogens is 4. The van der Waals surface area contributed by atoms with Crippen molar-refractivity contribution in [3.8, 4) is 22.5 Å². The molecule has 1 aliphatic heterocycles. The summed E-state index contributed by atoms with van der Waals surface area (Å²) in [5.74, 6) is 1.40. The van der Waals surface area contributed by atoms with Gasteiger partial charge in [-0.05, 0) is 30.7 Å². The molecule has 3 aromatic rings. The fourth-order valence-corrected chi connectivity index (χ4v) is 3.93. The average Bonchev–Trinajstić information content (AvgIpc) is 3.25. The molecule has 1 amide bonds. The zero-order valence-electron chi connectivity index (χ0n) is 18.2. The van der Waals surface area contributed by atoms with Crippen LogP contribution in [0.15, 0.2) is 30.5 Å². The van der Waals surface area contributed by atoms with E-state index >= 15 is 0 Å². The van der Waals surface area contributed by atoms with E-state index in [1.54, 1.807) is 44.6 Å². The lowest BCUT2D eigenvalue weighted by Crippen LogP contribution is -2.46. The van der Waals surface area contributed by atoms with Crippen LogP contribution >= 0.6 is 11.3 Å². The topological polar surface area (TPSA) is 120 Å². The average molecular weight is 456 g/mol. The molecule has 1 aromatic carbocycles.